The van der Waals surface area contributed by atoms with Crippen molar-refractivity contribution in [2.75, 3.05) is 41.4 Å². The van der Waals surface area contributed by atoms with Gasteiger partial charge in [0.05, 0.1) is 20.8 Å². The number of amides is 1. The van der Waals surface area contributed by atoms with Gasteiger partial charge in [-0.3, -0.25) is 9.79 Å². The summed E-state index contributed by atoms with van der Waals surface area (Å²) in [7, 11) is 6.89. The Balaban J connectivity index is 1.96. The molecule has 0 unspecified atom stereocenters. The summed E-state index contributed by atoms with van der Waals surface area (Å²) in [5, 5.41) is 3.17. The van der Waals surface area contributed by atoms with Crippen molar-refractivity contribution in [1.82, 2.24) is 15.1 Å². The predicted octanol–water partition coefficient (Wildman–Crippen LogP) is 2.76. The Kier molecular flexibility index (Phi) is 9.00. The minimum Gasteiger partial charge on any atom is -0.497 e. The maximum atomic E-state index is 12.7. The molecule has 7 heteroatoms. The van der Waals surface area contributed by atoms with Crippen LogP contribution in [0.4, 0.5) is 0 Å². The van der Waals surface area contributed by atoms with Gasteiger partial charge >= 0.3 is 0 Å². The van der Waals surface area contributed by atoms with Crippen LogP contribution >= 0.6 is 0 Å². The molecule has 0 spiro atoms. The van der Waals surface area contributed by atoms with Gasteiger partial charge in [0.1, 0.15) is 11.5 Å². The van der Waals surface area contributed by atoms with Gasteiger partial charge in [0.25, 0.3) is 0 Å². The number of methoxy groups -OCH3 is 2. The minimum absolute atomic E-state index is 0.0259. The first-order chi connectivity index (χ1) is 14.5. The molecule has 0 aliphatic carbocycles. The van der Waals surface area contributed by atoms with E-state index in [1.807, 2.05) is 72.3 Å². The summed E-state index contributed by atoms with van der Waals surface area (Å²) in [5.41, 5.74) is 2.11. The van der Waals surface area contributed by atoms with Gasteiger partial charge < -0.3 is 24.6 Å². The van der Waals surface area contributed by atoms with Crippen molar-refractivity contribution in [3.05, 3.63) is 59.7 Å². The molecular formula is C23H32N4O3. The molecule has 1 amide bonds. The summed E-state index contributed by atoms with van der Waals surface area (Å²) in [6.45, 7) is 3.97. The lowest BCUT2D eigenvalue weighted by Gasteiger charge is -2.25. The van der Waals surface area contributed by atoms with Crippen molar-refractivity contribution in [3.8, 4) is 11.5 Å². The number of nitrogens with zero attached hydrogens (tertiary/aromatic N) is 3. The zero-order valence-corrected chi connectivity index (χ0v) is 18.5. The summed E-state index contributed by atoms with van der Waals surface area (Å²) in [6, 6.07) is 15.7. The van der Waals surface area contributed by atoms with Gasteiger partial charge in [-0.05, 0) is 24.6 Å². The van der Waals surface area contributed by atoms with E-state index in [9.17, 15) is 4.79 Å². The molecule has 162 valence electrons. The zero-order valence-electron chi connectivity index (χ0n) is 18.5. The smallest absolute Gasteiger partial charge is 0.242 e. The van der Waals surface area contributed by atoms with Crippen LogP contribution in [0.5, 0.6) is 11.5 Å². The number of benzene rings is 2. The molecule has 0 bridgehead atoms. The number of nitrogens with one attached hydrogen (secondary N) is 1. The van der Waals surface area contributed by atoms with Crippen molar-refractivity contribution >= 4 is 11.9 Å². The third-order valence-corrected chi connectivity index (χ3v) is 4.82. The van der Waals surface area contributed by atoms with E-state index in [0.717, 1.165) is 22.6 Å². The SMILES string of the molecule is CCN(Cc1ccccc1)C(=O)CNC(=NC)N(C)Cc1ccc(OC)cc1OC. The van der Waals surface area contributed by atoms with E-state index in [4.69, 9.17) is 9.47 Å². The fourth-order valence-corrected chi connectivity index (χ4v) is 3.14. The molecule has 0 radical (unpaired) electrons. The molecule has 0 saturated heterocycles. The van der Waals surface area contributed by atoms with E-state index >= 15 is 0 Å². The molecule has 2 aromatic carbocycles. The van der Waals surface area contributed by atoms with E-state index in [2.05, 4.69) is 10.3 Å². The third kappa shape index (κ3) is 6.40. The Morgan fingerprint density at radius 3 is 2.40 bits per heavy atom. The molecule has 2 aromatic rings. The average Bonchev–Trinajstić information content (AvgIpc) is 2.78. The Labute approximate surface area is 179 Å². The quantitative estimate of drug-likeness (QED) is 0.507. The number of guanidine groups is 1. The van der Waals surface area contributed by atoms with Crippen LogP contribution in [0.2, 0.25) is 0 Å². The number of hydrogen-bond donors (Lipinski definition) is 1. The van der Waals surface area contributed by atoms with Gasteiger partial charge in [-0.15, -0.1) is 0 Å². The summed E-state index contributed by atoms with van der Waals surface area (Å²) >= 11 is 0. The maximum absolute atomic E-state index is 12.7. The highest BCUT2D eigenvalue weighted by Gasteiger charge is 2.15. The second-order valence-corrected chi connectivity index (χ2v) is 6.83. The van der Waals surface area contributed by atoms with E-state index in [0.29, 0.717) is 25.6 Å². The molecule has 0 aliphatic rings. The van der Waals surface area contributed by atoms with Gasteiger partial charge in [-0.25, -0.2) is 0 Å². The van der Waals surface area contributed by atoms with Crippen molar-refractivity contribution in [3.63, 3.8) is 0 Å². The number of hydrogen-bond acceptors (Lipinski definition) is 4. The molecule has 0 saturated carbocycles. The fourth-order valence-electron chi connectivity index (χ4n) is 3.14. The highest BCUT2D eigenvalue weighted by Crippen LogP contribution is 2.25. The van der Waals surface area contributed by atoms with Gasteiger partial charge in [-0.1, -0.05) is 30.3 Å². The Morgan fingerprint density at radius 1 is 1.07 bits per heavy atom. The maximum Gasteiger partial charge on any atom is 0.242 e. The van der Waals surface area contributed by atoms with Gasteiger partial charge in [0, 0.05) is 45.4 Å². The number of ether oxygens (including phenoxy) is 2. The van der Waals surface area contributed by atoms with Gasteiger partial charge in [0.15, 0.2) is 5.96 Å². The summed E-state index contributed by atoms with van der Waals surface area (Å²) < 4.78 is 10.7. The summed E-state index contributed by atoms with van der Waals surface area (Å²) in [4.78, 5) is 20.8. The topological polar surface area (TPSA) is 66.4 Å². The molecular weight excluding hydrogens is 380 g/mol. The van der Waals surface area contributed by atoms with Crippen LogP contribution in [0.15, 0.2) is 53.5 Å². The molecule has 7 nitrogen and oxygen atoms in total. The third-order valence-electron chi connectivity index (χ3n) is 4.82. The number of aliphatic imine (C=N–C) groups is 1. The predicted molar refractivity (Wildman–Crippen MR) is 120 cm³/mol. The van der Waals surface area contributed by atoms with Crippen molar-refractivity contribution in [2.24, 2.45) is 4.99 Å². The second-order valence-electron chi connectivity index (χ2n) is 6.83. The fraction of sp³-hybridized carbons (Fsp3) is 0.391. The highest BCUT2D eigenvalue weighted by atomic mass is 16.5. The minimum atomic E-state index is 0.0259. The largest absolute Gasteiger partial charge is 0.497 e. The van der Waals surface area contributed by atoms with Crippen molar-refractivity contribution in [1.29, 1.82) is 0 Å². The number of carbonyl (C=O) groups excluding carboxylic acids is 1. The first-order valence-corrected chi connectivity index (χ1v) is 9.96. The highest BCUT2D eigenvalue weighted by molar-refractivity contribution is 5.86. The van der Waals surface area contributed by atoms with E-state index in [-0.39, 0.29) is 12.5 Å². The molecule has 0 atom stereocenters. The second kappa shape index (κ2) is 11.7. The van der Waals surface area contributed by atoms with Crippen LogP contribution < -0.4 is 14.8 Å². The van der Waals surface area contributed by atoms with Crippen molar-refractivity contribution in [2.45, 2.75) is 20.0 Å². The molecule has 30 heavy (non-hydrogen) atoms. The lowest BCUT2D eigenvalue weighted by atomic mass is 10.2. The number of carbonyl (C=O) groups is 1. The van der Waals surface area contributed by atoms with Crippen molar-refractivity contribution < 1.29 is 14.3 Å². The van der Waals surface area contributed by atoms with Crippen LogP contribution in [-0.4, -0.2) is 63.1 Å². The van der Waals surface area contributed by atoms with Crippen LogP contribution in [0.3, 0.4) is 0 Å². The normalized spacial score (nSPS) is 11.0. The first-order valence-electron chi connectivity index (χ1n) is 9.96. The molecule has 0 heterocycles. The molecule has 0 fully saturated rings. The van der Waals surface area contributed by atoms with Gasteiger partial charge in [-0.2, -0.15) is 0 Å². The first kappa shape index (κ1) is 23.1. The summed E-state index contributed by atoms with van der Waals surface area (Å²) in [5.74, 6) is 2.15. The molecule has 2 rings (SSSR count). The van der Waals surface area contributed by atoms with Gasteiger partial charge in [0.2, 0.25) is 5.91 Å². The van der Waals surface area contributed by atoms with E-state index < -0.39 is 0 Å². The number of rotatable bonds is 9. The monoisotopic (exact) mass is 412 g/mol. The molecule has 1 N–H and O–H groups in total. The Hall–Kier alpha value is -3.22. The lowest BCUT2D eigenvalue weighted by Crippen LogP contribution is -2.44. The number of likely N-dealkylation sites (N-methyl/N-ethyl adjacent to an activating group) is 1. The van der Waals surface area contributed by atoms with Crippen LogP contribution in [0.1, 0.15) is 18.1 Å². The zero-order chi connectivity index (χ0) is 21.9. The van der Waals surface area contributed by atoms with E-state index in [1.54, 1.807) is 21.3 Å². The van der Waals surface area contributed by atoms with E-state index in [1.165, 1.54) is 0 Å². The average molecular weight is 413 g/mol. The summed E-state index contributed by atoms with van der Waals surface area (Å²) in [6.07, 6.45) is 0. The lowest BCUT2D eigenvalue weighted by molar-refractivity contribution is -0.130. The Morgan fingerprint density at radius 2 is 1.80 bits per heavy atom. The van der Waals surface area contributed by atoms with Crippen LogP contribution in [-0.2, 0) is 17.9 Å². The van der Waals surface area contributed by atoms with Crippen LogP contribution in [0, 0.1) is 0 Å². The molecule has 0 aliphatic heterocycles. The molecule has 0 aromatic heterocycles. The Bertz CT molecular complexity index is 840. The van der Waals surface area contributed by atoms with Crippen LogP contribution in [0.25, 0.3) is 0 Å². The standard InChI is InChI=1S/C23H32N4O3/c1-6-27(16-18-10-8-7-9-11-18)22(28)15-25-23(24-2)26(3)17-19-12-13-20(29-4)14-21(19)30-5/h7-14H,6,15-17H2,1-5H3,(H,24,25).